The van der Waals surface area contributed by atoms with Crippen LogP contribution in [0.4, 0.5) is 5.82 Å². The number of halogens is 1. The second kappa shape index (κ2) is 4.10. The summed E-state index contributed by atoms with van der Waals surface area (Å²) in [5.74, 6) is 0.898. The summed E-state index contributed by atoms with van der Waals surface area (Å²) in [4.78, 5) is 11.0. The molecular formula is C14H12ClN3O. The number of aromatic nitrogens is 2. The van der Waals surface area contributed by atoms with Gasteiger partial charge in [-0.05, 0) is 25.0 Å². The van der Waals surface area contributed by atoms with E-state index in [1.807, 2.05) is 18.2 Å². The number of fused-ring (bicyclic) bond motifs is 3. The smallest absolute Gasteiger partial charge is 0.196 e. The lowest BCUT2D eigenvalue weighted by Crippen LogP contribution is -2.19. The Bertz CT molecular complexity index is 762. The van der Waals surface area contributed by atoms with Gasteiger partial charge in [-0.2, -0.15) is 0 Å². The van der Waals surface area contributed by atoms with Crippen molar-refractivity contribution in [2.45, 2.75) is 12.8 Å². The highest BCUT2D eigenvalue weighted by molar-refractivity contribution is 6.31. The summed E-state index contributed by atoms with van der Waals surface area (Å²) in [6, 6.07) is 5.63. The van der Waals surface area contributed by atoms with Crippen LogP contribution >= 0.6 is 11.6 Å². The Morgan fingerprint density at radius 3 is 2.84 bits per heavy atom. The summed E-state index contributed by atoms with van der Waals surface area (Å²) in [5, 5.41) is 1.66. The van der Waals surface area contributed by atoms with Gasteiger partial charge >= 0.3 is 0 Å². The van der Waals surface area contributed by atoms with Crippen molar-refractivity contribution in [3.05, 3.63) is 29.5 Å². The quantitative estimate of drug-likeness (QED) is 0.679. The van der Waals surface area contributed by atoms with E-state index in [2.05, 4.69) is 14.9 Å². The third kappa shape index (κ3) is 1.67. The van der Waals surface area contributed by atoms with Crippen LogP contribution in [0, 0.1) is 0 Å². The summed E-state index contributed by atoms with van der Waals surface area (Å²) >= 11 is 6.01. The SMILES string of the molecule is Clc1ccc2c(c1)oc1c(N3CCCC3)ncnc12. The third-order valence-corrected chi connectivity index (χ3v) is 3.84. The molecular weight excluding hydrogens is 262 g/mol. The Morgan fingerprint density at radius 1 is 1.16 bits per heavy atom. The molecule has 0 unspecified atom stereocenters. The molecule has 0 saturated carbocycles. The molecule has 1 aromatic carbocycles. The van der Waals surface area contributed by atoms with Crippen molar-refractivity contribution in [2.75, 3.05) is 18.0 Å². The Morgan fingerprint density at radius 2 is 2.00 bits per heavy atom. The maximum absolute atomic E-state index is 6.01. The fourth-order valence-corrected chi connectivity index (χ4v) is 2.85. The molecule has 1 aliphatic rings. The minimum absolute atomic E-state index is 0.669. The van der Waals surface area contributed by atoms with Gasteiger partial charge in [0.05, 0.1) is 0 Å². The van der Waals surface area contributed by atoms with Crippen molar-refractivity contribution < 1.29 is 4.42 Å². The molecule has 0 amide bonds. The van der Waals surface area contributed by atoms with E-state index in [4.69, 9.17) is 16.0 Å². The van der Waals surface area contributed by atoms with Crippen molar-refractivity contribution in [3.63, 3.8) is 0 Å². The summed E-state index contributed by atoms with van der Waals surface area (Å²) in [7, 11) is 0. The van der Waals surface area contributed by atoms with E-state index in [9.17, 15) is 0 Å². The van der Waals surface area contributed by atoms with Gasteiger partial charge in [-0.3, -0.25) is 0 Å². The second-order valence-electron chi connectivity index (χ2n) is 4.81. The molecule has 3 heterocycles. The highest BCUT2D eigenvalue weighted by Gasteiger charge is 2.20. The number of nitrogens with zero attached hydrogens (tertiary/aromatic N) is 3. The van der Waals surface area contributed by atoms with E-state index in [1.54, 1.807) is 6.33 Å². The molecule has 19 heavy (non-hydrogen) atoms. The van der Waals surface area contributed by atoms with Gasteiger partial charge in [-0.15, -0.1) is 0 Å². The first-order valence-electron chi connectivity index (χ1n) is 6.40. The van der Waals surface area contributed by atoms with Crippen LogP contribution in [-0.2, 0) is 0 Å². The summed E-state index contributed by atoms with van der Waals surface area (Å²) in [6.07, 6.45) is 4.02. The van der Waals surface area contributed by atoms with E-state index in [1.165, 1.54) is 12.8 Å². The Labute approximate surface area is 115 Å². The molecule has 5 heteroatoms. The first-order valence-corrected chi connectivity index (χ1v) is 6.78. The van der Waals surface area contributed by atoms with Crippen molar-refractivity contribution in [1.29, 1.82) is 0 Å². The Balaban J connectivity index is 2.02. The first-order chi connectivity index (χ1) is 9.33. The van der Waals surface area contributed by atoms with Gasteiger partial charge in [-0.25, -0.2) is 9.97 Å². The predicted octanol–water partition coefficient (Wildman–Crippen LogP) is 3.63. The van der Waals surface area contributed by atoms with Crippen LogP contribution in [0.5, 0.6) is 0 Å². The van der Waals surface area contributed by atoms with E-state index in [0.29, 0.717) is 5.02 Å². The average molecular weight is 274 g/mol. The largest absolute Gasteiger partial charge is 0.450 e. The molecule has 0 radical (unpaired) electrons. The van der Waals surface area contributed by atoms with Gasteiger partial charge in [0.25, 0.3) is 0 Å². The normalized spacial score (nSPS) is 15.7. The van der Waals surface area contributed by atoms with E-state index < -0.39 is 0 Å². The highest BCUT2D eigenvalue weighted by atomic mass is 35.5. The lowest BCUT2D eigenvalue weighted by Gasteiger charge is -2.15. The number of rotatable bonds is 1. The van der Waals surface area contributed by atoms with Gasteiger partial charge in [0, 0.05) is 29.6 Å². The van der Waals surface area contributed by atoms with E-state index in [-0.39, 0.29) is 0 Å². The van der Waals surface area contributed by atoms with E-state index >= 15 is 0 Å². The fraction of sp³-hybridized carbons (Fsp3) is 0.286. The molecule has 2 aromatic heterocycles. The molecule has 96 valence electrons. The van der Waals surface area contributed by atoms with Crippen LogP contribution in [0.1, 0.15) is 12.8 Å². The number of hydrogen-bond donors (Lipinski definition) is 0. The standard InChI is InChI=1S/C14H12ClN3O/c15-9-3-4-10-11(7-9)19-13-12(10)16-8-17-14(13)18-5-1-2-6-18/h3-4,7-8H,1-2,5-6H2. The molecule has 0 N–H and O–H groups in total. The topological polar surface area (TPSA) is 42.2 Å². The zero-order chi connectivity index (χ0) is 12.8. The van der Waals surface area contributed by atoms with E-state index in [0.717, 1.165) is 41.0 Å². The van der Waals surface area contributed by atoms with Gasteiger partial charge in [-0.1, -0.05) is 11.6 Å². The van der Waals surface area contributed by atoms with Gasteiger partial charge in [0.2, 0.25) is 0 Å². The fourth-order valence-electron chi connectivity index (χ4n) is 2.69. The molecule has 1 fully saturated rings. The molecule has 4 nitrogen and oxygen atoms in total. The Kier molecular flexibility index (Phi) is 2.38. The summed E-state index contributed by atoms with van der Waals surface area (Å²) < 4.78 is 5.93. The van der Waals surface area contributed by atoms with Gasteiger partial charge < -0.3 is 9.32 Å². The molecule has 0 atom stereocenters. The summed E-state index contributed by atoms with van der Waals surface area (Å²) in [6.45, 7) is 2.06. The van der Waals surface area contributed by atoms with Gasteiger partial charge in [0.1, 0.15) is 17.4 Å². The van der Waals surface area contributed by atoms with Crippen molar-refractivity contribution in [3.8, 4) is 0 Å². The van der Waals surface area contributed by atoms with Gasteiger partial charge in [0.15, 0.2) is 11.4 Å². The number of anilines is 1. The van der Waals surface area contributed by atoms with Crippen molar-refractivity contribution in [2.24, 2.45) is 0 Å². The van der Waals surface area contributed by atoms with Crippen LogP contribution < -0.4 is 4.90 Å². The molecule has 0 aliphatic carbocycles. The minimum atomic E-state index is 0.669. The Hall–Kier alpha value is -1.81. The van der Waals surface area contributed by atoms with Crippen LogP contribution in [-0.4, -0.2) is 23.1 Å². The van der Waals surface area contributed by atoms with Crippen molar-refractivity contribution in [1.82, 2.24) is 9.97 Å². The lowest BCUT2D eigenvalue weighted by molar-refractivity contribution is 0.663. The molecule has 3 aromatic rings. The van der Waals surface area contributed by atoms with Crippen LogP contribution in [0.3, 0.4) is 0 Å². The lowest BCUT2D eigenvalue weighted by atomic mass is 10.2. The number of furan rings is 1. The predicted molar refractivity (Wildman–Crippen MR) is 75.8 cm³/mol. The third-order valence-electron chi connectivity index (χ3n) is 3.60. The molecule has 0 bridgehead atoms. The number of hydrogen-bond acceptors (Lipinski definition) is 4. The monoisotopic (exact) mass is 273 g/mol. The maximum atomic E-state index is 6.01. The minimum Gasteiger partial charge on any atom is -0.450 e. The molecule has 4 rings (SSSR count). The summed E-state index contributed by atoms with van der Waals surface area (Å²) in [5.41, 5.74) is 2.40. The van der Waals surface area contributed by atoms with Crippen LogP contribution in [0.2, 0.25) is 5.02 Å². The molecule has 1 saturated heterocycles. The van der Waals surface area contributed by atoms with Crippen LogP contribution in [0.15, 0.2) is 28.9 Å². The second-order valence-corrected chi connectivity index (χ2v) is 5.25. The van der Waals surface area contributed by atoms with Crippen LogP contribution in [0.25, 0.3) is 22.1 Å². The first kappa shape index (κ1) is 11.1. The zero-order valence-corrected chi connectivity index (χ0v) is 11.0. The average Bonchev–Trinajstić information content (AvgIpc) is 3.04. The number of benzene rings is 1. The molecule has 1 aliphatic heterocycles. The maximum Gasteiger partial charge on any atom is 0.196 e. The van der Waals surface area contributed by atoms with Crippen molar-refractivity contribution >= 4 is 39.5 Å². The zero-order valence-electron chi connectivity index (χ0n) is 10.3. The highest BCUT2D eigenvalue weighted by Crippen LogP contribution is 2.34. The molecule has 0 spiro atoms.